The number of ether oxygens (including phenoxy) is 1. The van der Waals surface area contributed by atoms with E-state index in [1.54, 1.807) is 28.8 Å². The van der Waals surface area contributed by atoms with Crippen LogP contribution in [0.25, 0.3) is 0 Å². The van der Waals surface area contributed by atoms with Crippen LogP contribution in [0.4, 0.5) is 4.79 Å². The first-order valence-corrected chi connectivity index (χ1v) is 6.93. The molecule has 21 heavy (non-hydrogen) atoms. The van der Waals surface area contributed by atoms with Crippen LogP contribution < -0.4 is 0 Å². The Balaban J connectivity index is 1.98. The molecule has 0 aromatic carbocycles. The van der Waals surface area contributed by atoms with E-state index in [2.05, 4.69) is 5.10 Å². The fourth-order valence-electron chi connectivity index (χ4n) is 2.18. The number of rotatable bonds is 3. The van der Waals surface area contributed by atoms with E-state index in [4.69, 9.17) is 9.84 Å². The third-order valence-electron chi connectivity index (χ3n) is 3.37. The molecule has 0 saturated carbocycles. The predicted octanol–water partition coefficient (Wildman–Crippen LogP) is 1.86. The average Bonchev–Trinajstić information content (AvgIpc) is 2.72. The molecule has 2 heterocycles. The van der Waals surface area contributed by atoms with Gasteiger partial charge in [-0.3, -0.25) is 9.48 Å². The van der Waals surface area contributed by atoms with Crippen LogP contribution in [0.1, 0.15) is 45.3 Å². The van der Waals surface area contributed by atoms with E-state index in [-0.39, 0.29) is 12.1 Å². The van der Waals surface area contributed by atoms with Crippen LogP contribution in [0.5, 0.6) is 0 Å². The van der Waals surface area contributed by atoms with Gasteiger partial charge in [-0.15, -0.1) is 0 Å². The Bertz CT molecular complexity index is 541. The summed E-state index contributed by atoms with van der Waals surface area (Å²) in [6, 6.07) is 1.71. The van der Waals surface area contributed by atoms with Crippen molar-refractivity contribution < 1.29 is 19.4 Å². The molecule has 7 heteroatoms. The summed E-state index contributed by atoms with van der Waals surface area (Å²) in [5, 5.41) is 13.3. The first kappa shape index (κ1) is 15.3. The summed E-state index contributed by atoms with van der Waals surface area (Å²) >= 11 is 0. The van der Waals surface area contributed by atoms with Gasteiger partial charge in [0.1, 0.15) is 5.60 Å². The van der Waals surface area contributed by atoms with E-state index >= 15 is 0 Å². The van der Waals surface area contributed by atoms with E-state index in [1.807, 2.05) is 20.8 Å². The van der Waals surface area contributed by atoms with Crippen molar-refractivity contribution in [2.75, 3.05) is 13.1 Å². The zero-order valence-electron chi connectivity index (χ0n) is 12.7. The molecule has 1 saturated heterocycles. The van der Waals surface area contributed by atoms with Gasteiger partial charge in [-0.1, -0.05) is 0 Å². The largest absolute Gasteiger partial charge is 0.481 e. The second-order valence-corrected chi connectivity index (χ2v) is 6.30. The van der Waals surface area contributed by atoms with Gasteiger partial charge in [0.15, 0.2) is 0 Å². The van der Waals surface area contributed by atoms with E-state index in [0.29, 0.717) is 18.8 Å². The summed E-state index contributed by atoms with van der Waals surface area (Å²) in [6.45, 7) is 8.05. The predicted molar refractivity (Wildman–Crippen MR) is 75.1 cm³/mol. The molecule has 0 bridgehead atoms. The molecule has 1 fully saturated rings. The van der Waals surface area contributed by atoms with Gasteiger partial charge in [0.25, 0.3) is 0 Å². The minimum absolute atomic E-state index is 0.00400. The van der Waals surface area contributed by atoms with Crippen molar-refractivity contribution in [1.82, 2.24) is 14.7 Å². The molecule has 1 amide bonds. The second-order valence-electron chi connectivity index (χ2n) is 6.30. The zero-order chi connectivity index (χ0) is 15.8. The van der Waals surface area contributed by atoms with E-state index < -0.39 is 17.5 Å². The lowest BCUT2D eigenvalue weighted by Gasteiger charge is -2.40. The maximum Gasteiger partial charge on any atom is 0.410 e. The Hall–Kier alpha value is -2.05. The third kappa shape index (κ3) is 3.34. The average molecular weight is 295 g/mol. The highest BCUT2D eigenvalue weighted by atomic mass is 16.6. The minimum atomic E-state index is -0.889. The van der Waals surface area contributed by atoms with E-state index in [1.165, 1.54) is 0 Å². The van der Waals surface area contributed by atoms with Crippen molar-refractivity contribution in [3.05, 3.63) is 18.0 Å². The molecule has 1 unspecified atom stereocenters. The maximum absolute atomic E-state index is 11.9. The standard InChI is InChI=1S/C14H21N3O4/c1-9(12(18)19)11-5-6-15-17(11)10-7-16(8-10)13(20)21-14(2,3)4/h5-6,9-10H,7-8H2,1-4H3,(H,18,19). The number of likely N-dealkylation sites (tertiary alicyclic amines) is 1. The number of nitrogens with zero attached hydrogens (tertiary/aromatic N) is 3. The number of carbonyl (C=O) groups is 2. The number of hydrogen-bond donors (Lipinski definition) is 1. The Morgan fingerprint density at radius 2 is 2.05 bits per heavy atom. The molecule has 1 aliphatic heterocycles. The molecule has 0 radical (unpaired) electrons. The molecule has 1 aromatic rings. The van der Waals surface area contributed by atoms with Gasteiger partial charge in [-0.05, 0) is 33.8 Å². The van der Waals surface area contributed by atoms with Crippen LogP contribution >= 0.6 is 0 Å². The fraction of sp³-hybridized carbons (Fsp3) is 0.643. The number of carboxylic acids is 1. The molecule has 1 atom stereocenters. The van der Waals surface area contributed by atoms with Gasteiger partial charge in [0, 0.05) is 19.3 Å². The summed E-state index contributed by atoms with van der Waals surface area (Å²) in [7, 11) is 0. The lowest BCUT2D eigenvalue weighted by atomic mass is 10.1. The van der Waals surface area contributed by atoms with Crippen LogP contribution in [0.15, 0.2) is 12.3 Å². The molecule has 0 spiro atoms. The number of hydrogen-bond acceptors (Lipinski definition) is 4. The molecule has 7 nitrogen and oxygen atoms in total. The fourth-order valence-corrected chi connectivity index (χ4v) is 2.18. The highest BCUT2D eigenvalue weighted by molar-refractivity contribution is 5.75. The van der Waals surface area contributed by atoms with E-state index in [9.17, 15) is 9.59 Å². The molecule has 116 valence electrons. The van der Waals surface area contributed by atoms with Crippen molar-refractivity contribution in [2.24, 2.45) is 0 Å². The smallest absolute Gasteiger partial charge is 0.410 e. The van der Waals surface area contributed by atoms with Crippen LogP contribution in [0.2, 0.25) is 0 Å². The van der Waals surface area contributed by atoms with E-state index in [0.717, 1.165) is 0 Å². The molecule has 1 aliphatic rings. The summed E-state index contributed by atoms with van der Waals surface area (Å²) < 4.78 is 6.98. The van der Waals surface area contributed by atoms with Crippen molar-refractivity contribution in [2.45, 2.75) is 45.3 Å². The van der Waals surface area contributed by atoms with Gasteiger partial charge in [0.05, 0.1) is 17.7 Å². The second kappa shape index (κ2) is 5.38. The molecular weight excluding hydrogens is 274 g/mol. The molecular formula is C14H21N3O4. The third-order valence-corrected chi connectivity index (χ3v) is 3.37. The van der Waals surface area contributed by atoms with Crippen LogP contribution in [-0.4, -0.2) is 50.5 Å². The Labute approximate surface area is 123 Å². The first-order valence-electron chi connectivity index (χ1n) is 6.93. The molecule has 1 N–H and O–H groups in total. The van der Waals surface area contributed by atoms with Crippen LogP contribution in [0.3, 0.4) is 0 Å². The SMILES string of the molecule is CC(C(=O)O)c1ccnn1C1CN(C(=O)OC(C)(C)C)C1. The Kier molecular flexibility index (Phi) is 3.93. The highest BCUT2D eigenvalue weighted by Crippen LogP contribution is 2.27. The normalized spacial score (nSPS) is 17.2. The van der Waals surface area contributed by atoms with Gasteiger partial charge >= 0.3 is 12.1 Å². The first-order chi connectivity index (χ1) is 9.69. The van der Waals surface area contributed by atoms with Crippen molar-refractivity contribution in [3.8, 4) is 0 Å². The van der Waals surface area contributed by atoms with Crippen molar-refractivity contribution in [3.63, 3.8) is 0 Å². The number of aliphatic carboxylic acids is 1. The van der Waals surface area contributed by atoms with Gasteiger partial charge in [-0.2, -0.15) is 5.10 Å². The lowest BCUT2D eigenvalue weighted by Crippen LogP contribution is -2.52. The van der Waals surface area contributed by atoms with Crippen LogP contribution in [0, 0.1) is 0 Å². The van der Waals surface area contributed by atoms with Crippen molar-refractivity contribution >= 4 is 12.1 Å². The minimum Gasteiger partial charge on any atom is -0.481 e. The number of carbonyl (C=O) groups excluding carboxylic acids is 1. The number of amides is 1. The summed E-state index contributed by atoms with van der Waals surface area (Å²) in [5.41, 5.74) is 0.132. The van der Waals surface area contributed by atoms with Gasteiger partial charge < -0.3 is 14.7 Å². The van der Waals surface area contributed by atoms with Crippen LogP contribution in [-0.2, 0) is 9.53 Å². The lowest BCUT2D eigenvalue weighted by molar-refractivity contribution is -0.138. The quantitative estimate of drug-likeness (QED) is 0.920. The summed E-state index contributed by atoms with van der Waals surface area (Å²) in [4.78, 5) is 24.5. The molecule has 2 rings (SSSR count). The van der Waals surface area contributed by atoms with Gasteiger partial charge in [-0.25, -0.2) is 4.79 Å². The molecule has 1 aromatic heterocycles. The topological polar surface area (TPSA) is 84.7 Å². The highest BCUT2D eigenvalue weighted by Gasteiger charge is 2.36. The Morgan fingerprint density at radius 3 is 2.57 bits per heavy atom. The number of carboxylic acid groups (broad SMARTS) is 1. The monoisotopic (exact) mass is 295 g/mol. The molecule has 0 aliphatic carbocycles. The maximum atomic E-state index is 11.9. The van der Waals surface area contributed by atoms with Crippen molar-refractivity contribution in [1.29, 1.82) is 0 Å². The summed E-state index contributed by atoms with van der Waals surface area (Å²) in [5.74, 6) is -1.51. The zero-order valence-corrected chi connectivity index (χ0v) is 12.7. The summed E-state index contributed by atoms with van der Waals surface area (Å²) in [6.07, 6.45) is 1.24. The Morgan fingerprint density at radius 1 is 1.43 bits per heavy atom. The van der Waals surface area contributed by atoms with Gasteiger partial charge in [0.2, 0.25) is 0 Å². The number of aromatic nitrogens is 2.